The quantitative estimate of drug-likeness (QED) is 0.747. The van der Waals surface area contributed by atoms with Crippen molar-refractivity contribution < 1.29 is 13.2 Å². The SMILES string of the molecule is FC(F)(F)CCCN[C@H]1CCCN(CC2CCCCC2)C1. The summed E-state index contributed by atoms with van der Waals surface area (Å²) in [6, 6.07) is 0.385. The van der Waals surface area contributed by atoms with Crippen LogP contribution in [0.3, 0.4) is 0 Å². The predicted octanol–water partition coefficient (Wildman–Crippen LogP) is 3.96. The number of halogens is 3. The second-order valence-corrected chi connectivity index (χ2v) is 6.78. The molecule has 0 spiro atoms. The molecule has 1 saturated heterocycles. The Balaban J connectivity index is 1.61. The van der Waals surface area contributed by atoms with Crippen molar-refractivity contribution in [3.63, 3.8) is 0 Å². The fraction of sp³-hybridized carbons (Fsp3) is 1.00. The summed E-state index contributed by atoms with van der Waals surface area (Å²) in [6.45, 7) is 3.86. The van der Waals surface area contributed by atoms with Crippen LogP contribution in [0.25, 0.3) is 0 Å². The van der Waals surface area contributed by atoms with Crippen LogP contribution in [0.4, 0.5) is 13.2 Å². The molecule has 0 radical (unpaired) electrons. The van der Waals surface area contributed by atoms with Gasteiger partial charge in [0.1, 0.15) is 0 Å². The highest BCUT2D eigenvalue weighted by molar-refractivity contribution is 4.80. The molecule has 2 nitrogen and oxygen atoms in total. The molecule has 124 valence electrons. The van der Waals surface area contributed by atoms with Gasteiger partial charge in [-0.1, -0.05) is 19.3 Å². The zero-order chi connectivity index (χ0) is 15.1. The summed E-state index contributed by atoms with van der Waals surface area (Å²) in [4.78, 5) is 2.53. The Hall–Kier alpha value is -0.290. The largest absolute Gasteiger partial charge is 0.389 e. The molecular weight excluding hydrogens is 277 g/mol. The van der Waals surface area contributed by atoms with Crippen molar-refractivity contribution in [1.82, 2.24) is 10.2 Å². The third-order valence-corrected chi connectivity index (χ3v) is 4.82. The monoisotopic (exact) mass is 306 g/mol. The van der Waals surface area contributed by atoms with Gasteiger partial charge < -0.3 is 10.2 Å². The van der Waals surface area contributed by atoms with E-state index in [1.54, 1.807) is 0 Å². The van der Waals surface area contributed by atoms with Gasteiger partial charge in [0.2, 0.25) is 0 Å². The van der Waals surface area contributed by atoms with Crippen molar-refractivity contribution in [1.29, 1.82) is 0 Å². The van der Waals surface area contributed by atoms with Gasteiger partial charge >= 0.3 is 6.18 Å². The summed E-state index contributed by atoms with van der Waals surface area (Å²) in [6.07, 6.45) is 4.65. The molecule has 0 unspecified atom stereocenters. The zero-order valence-corrected chi connectivity index (χ0v) is 12.9. The number of hydrogen-bond donors (Lipinski definition) is 1. The van der Waals surface area contributed by atoms with E-state index in [0.717, 1.165) is 25.4 Å². The Bertz CT molecular complexity index is 288. The molecule has 1 aliphatic heterocycles. The highest BCUT2D eigenvalue weighted by Crippen LogP contribution is 2.25. The molecule has 1 aliphatic carbocycles. The molecule has 2 fully saturated rings. The van der Waals surface area contributed by atoms with E-state index in [9.17, 15) is 13.2 Å². The minimum atomic E-state index is -4.01. The van der Waals surface area contributed by atoms with Crippen molar-refractivity contribution in [2.24, 2.45) is 5.92 Å². The molecule has 1 saturated carbocycles. The van der Waals surface area contributed by atoms with Crippen LogP contribution in [0.5, 0.6) is 0 Å². The van der Waals surface area contributed by atoms with Gasteiger partial charge in [-0.05, 0) is 51.1 Å². The molecule has 1 heterocycles. The summed E-state index contributed by atoms with van der Waals surface area (Å²) in [5, 5.41) is 3.32. The van der Waals surface area contributed by atoms with Gasteiger partial charge in [-0.3, -0.25) is 0 Å². The summed E-state index contributed by atoms with van der Waals surface area (Å²) in [5.74, 6) is 0.850. The van der Waals surface area contributed by atoms with Crippen LogP contribution >= 0.6 is 0 Å². The van der Waals surface area contributed by atoms with Crippen LogP contribution in [0, 0.1) is 5.92 Å². The molecule has 1 N–H and O–H groups in total. The lowest BCUT2D eigenvalue weighted by Crippen LogP contribution is -2.47. The molecule has 0 aromatic rings. The summed E-state index contributed by atoms with van der Waals surface area (Å²) >= 11 is 0. The van der Waals surface area contributed by atoms with E-state index in [1.807, 2.05) is 0 Å². The van der Waals surface area contributed by atoms with Crippen LogP contribution in [0.1, 0.15) is 57.8 Å². The number of alkyl halides is 3. The van der Waals surface area contributed by atoms with E-state index in [0.29, 0.717) is 12.6 Å². The van der Waals surface area contributed by atoms with Crippen LogP contribution in [0.2, 0.25) is 0 Å². The predicted molar refractivity (Wildman–Crippen MR) is 79.3 cm³/mol. The van der Waals surface area contributed by atoms with E-state index in [1.165, 1.54) is 45.1 Å². The Morgan fingerprint density at radius 3 is 2.48 bits per heavy atom. The first kappa shape index (κ1) is 17.1. The minimum Gasteiger partial charge on any atom is -0.313 e. The summed E-state index contributed by atoms with van der Waals surface area (Å²) in [5.41, 5.74) is 0. The number of rotatable bonds is 6. The molecule has 0 amide bonds. The first-order valence-electron chi connectivity index (χ1n) is 8.55. The van der Waals surface area contributed by atoms with Gasteiger partial charge in [0.25, 0.3) is 0 Å². The number of piperidine rings is 1. The van der Waals surface area contributed by atoms with Crippen molar-refractivity contribution in [3.05, 3.63) is 0 Å². The molecule has 2 aliphatic rings. The second-order valence-electron chi connectivity index (χ2n) is 6.78. The molecular formula is C16H29F3N2. The van der Waals surface area contributed by atoms with Gasteiger partial charge in [0, 0.05) is 25.6 Å². The molecule has 5 heteroatoms. The van der Waals surface area contributed by atoms with Gasteiger partial charge in [0.05, 0.1) is 0 Å². The standard InChI is InChI=1S/C16H29F3N2/c17-16(18,19)9-5-10-20-15-8-4-11-21(13-15)12-14-6-2-1-3-7-14/h14-15,20H,1-13H2/t15-/m0/s1. The maximum Gasteiger partial charge on any atom is 0.389 e. The molecule has 2 rings (SSSR count). The molecule has 0 bridgehead atoms. The smallest absolute Gasteiger partial charge is 0.313 e. The molecule has 1 atom stereocenters. The van der Waals surface area contributed by atoms with E-state index in [2.05, 4.69) is 10.2 Å². The highest BCUT2D eigenvalue weighted by atomic mass is 19.4. The maximum atomic E-state index is 12.1. The lowest BCUT2D eigenvalue weighted by atomic mass is 9.88. The lowest BCUT2D eigenvalue weighted by molar-refractivity contribution is -0.135. The average Bonchev–Trinajstić information content (AvgIpc) is 2.44. The third kappa shape index (κ3) is 7.00. The topological polar surface area (TPSA) is 15.3 Å². The summed E-state index contributed by atoms with van der Waals surface area (Å²) < 4.78 is 36.3. The lowest BCUT2D eigenvalue weighted by Gasteiger charge is -2.36. The van der Waals surface area contributed by atoms with Crippen LogP contribution < -0.4 is 5.32 Å². The number of nitrogens with zero attached hydrogens (tertiary/aromatic N) is 1. The molecule has 0 aromatic heterocycles. The zero-order valence-electron chi connectivity index (χ0n) is 12.9. The summed E-state index contributed by atoms with van der Waals surface area (Å²) in [7, 11) is 0. The van der Waals surface area contributed by atoms with E-state index in [4.69, 9.17) is 0 Å². The number of nitrogens with one attached hydrogen (secondary N) is 1. The fourth-order valence-electron chi connectivity index (χ4n) is 3.72. The highest BCUT2D eigenvalue weighted by Gasteiger charge is 2.27. The Labute approximate surface area is 126 Å². The Morgan fingerprint density at radius 2 is 1.76 bits per heavy atom. The Kier molecular flexibility index (Phi) is 6.80. The fourth-order valence-corrected chi connectivity index (χ4v) is 3.72. The Morgan fingerprint density at radius 1 is 1.00 bits per heavy atom. The van der Waals surface area contributed by atoms with Crippen molar-refractivity contribution in [2.45, 2.75) is 70.0 Å². The van der Waals surface area contributed by atoms with Crippen molar-refractivity contribution in [2.75, 3.05) is 26.2 Å². The van der Waals surface area contributed by atoms with Crippen molar-refractivity contribution in [3.8, 4) is 0 Å². The third-order valence-electron chi connectivity index (χ3n) is 4.82. The maximum absolute atomic E-state index is 12.1. The number of hydrogen-bond acceptors (Lipinski definition) is 2. The van der Waals surface area contributed by atoms with E-state index < -0.39 is 12.6 Å². The number of likely N-dealkylation sites (tertiary alicyclic amines) is 1. The minimum absolute atomic E-state index is 0.197. The normalized spacial score (nSPS) is 26.1. The molecule has 0 aromatic carbocycles. The second kappa shape index (κ2) is 8.37. The van der Waals surface area contributed by atoms with Crippen LogP contribution in [0.15, 0.2) is 0 Å². The first-order chi connectivity index (χ1) is 10.0. The van der Waals surface area contributed by atoms with Gasteiger partial charge in [-0.15, -0.1) is 0 Å². The first-order valence-corrected chi connectivity index (χ1v) is 8.55. The van der Waals surface area contributed by atoms with Gasteiger partial charge in [-0.25, -0.2) is 0 Å². The van der Waals surface area contributed by atoms with Gasteiger partial charge in [0.15, 0.2) is 0 Å². The van der Waals surface area contributed by atoms with E-state index in [-0.39, 0.29) is 6.42 Å². The molecule has 21 heavy (non-hydrogen) atoms. The van der Waals surface area contributed by atoms with Crippen LogP contribution in [-0.2, 0) is 0 Å². The van der Waals surface area contributed by atoms with E-state index >= 15 is 0 Å². The average molecular weight is 306 g/mol. The van der Waals surface area contributed by atoms with Crippen LogP contribution in [-0.4, -0.2) is 43.3 Å². The van der Waals surface area contributed by atoms with Gasteiger partial charge in [-0.2, -0.15) is 13.2 Å². The van der Waals surface area contributed by atoms with Crippen molar-refractivity contribution >= 4 is 0 Å².